The molecule has 0 aromatic rings. The third-order valence-corrected chi connectivity index (χ3v) is 3.57. The first kappa shape index (κ1) is 10.4. The molecule has 0 spiro atoms. The molecule has 14 heavy (non-hydrogen) atoms. The molecule has 3 heteroatoms. The molecule has 0 aromatic carbocycles. The molecule has 2 fully saturated rings. The van der Waals surface area contributed by atoms with Gasteiger partial charge in [0.1, 0.15) is 0 Å². The summed E-state index contributed by atoms with van der Waals surface area (Å²) >= 11 is 0. The fourth-order valence-corrected chi connectivity index (χ4v) is 2.28. The first-order valence-electron chi connectivity index (χ1n) is 5.80. The number of likely N-dealkylation sites (tertiary alicyclic amines) is 1. The first-order valence-corrected chi connectivity index (χ1v) is 5.80. The zero-order valence-electron chi connectivity index (χ0n) is 9.11. The van der Waals surface area contributed by atoms with Gasteiger partial charge in [0, 0.05) is 26.2 Å². The monoisotopic (exact) mass is 198 g/mol. The van der Waals surface area contributed by atoms with Crippen LogP contribution in [0.3, 0.4) is 0 Å². The Kier molecular flexibility index (Phi) is 3.42. The van der Waals surface area contributed by atoms with Crippen LogP contribution in [0.5, 0.6) is 0 Å². The highest BCUT2D eigenvalue weighted by Crippen LogP contribution is 2.32. The van der Waals surface area contributed by atoms with Gasteiger partial charge in [-0.1, -0.05) is 0 Å². The number of nitrogens with zero attached hydrogens (tertiary/aromatic N) is 1. The van der Waals surface area contributed by atoms with Crippen molar-refractivity contribution in [2.24, 2.45) is 11.7 Å². The third-order valence-electron chi connectivity index (χ3n) is 3.57. The number of hydrogen-bond acceptors (Lipinski definition) is 3. The molecule has 0 amide bonds. The predicted molar refractivity (Wildman–Crippen MR) is 57.2 cm³/mol. The Hall–Kier alpha value is -0.120. The summed E-state index contributed by atoms with van der Waals surface area (Å²) in [6.45, 7) is 3.46. The van der Waals surface area contributed by atoms with Crippen LogP contribution < -0.4 is 5.73 Å². The fraction of sp³-hybridized carbons (Fsp3) is 1.00. The molecule has 0 aromatic heterocycles. The van der Waals surface area contributed by atoms with Crippen molar-refractivity contribution in [1.82, 2.24) is 4.90 Å². The molecule has 82 valence electrons. The molecule has 2 N–H and O–H groups in total. The lowest BCUT2D eigenvalue weighted by atomic mass is 10.1. The summed E-state index contributed by atoms with van der Waals surface area (Å²) in [6, 6.07) is 0.455. The van der Waals surface area contributed by atoms with Gasteiger partial charge in [0.15, 0.2) is 0 Å². The molecular weight excluding hydrogens is 176 g/mol. The topological polar surface area (TPSA) is 38.5 Å². The van der Waals surface area contributed by atoms with Gasteiger partial charge >= 0.3 is 0 Å². The van der Waals surface area contributed by atoms with E-state index in [-0.39, 0.29) is 0 Å². The molecule has 0 bridgehead atoms. The SMILES string of the molecule is COC1CCN(CCC(N)C2CC2)C1. The van der Waals surface area contributed by atoms with Crippen LogP contribution in [0.15, 0.2) is 0 Å². The van der Waals surface area contributed by atoms with Crippen LogP contribution >= 0.6 is 0 Å². The molecule has 2 aliphatic rings. The summed E-state index contributed by atoms with van der Waals surface area (Å²) in [6.07, 6.45) is 5.55. The van der Waals surface area contributed by atoms with Crippen LogP contribution in [0.4, 0.5) is 0 Å². The molecular formula is C11H22N2O. The van der Waals surface area contributed by atoms with E-state index in [1.54, 1.807) is 0 Å². The van der Waals surface area contributed by atoms with Gasteiger partial charge < -0.3 is 15.4 Å². The van der Waals surface area contributed by atoms with E-state index < -0.39 is 0 Å². The molecule has 2 atom stereocenters. The van der Waals surface area contributed by atoms with Gasteiger partial charge in [0.25, 0.3) is 0 Å². The molecule has 1 heterocycles. The van der Waals surface area contributed by atoms with Crippen molar-refractivity contribution >= 4 is 0 Å². The van der Waals surface area contributed by atoms with Crippen molar-refractivity contribution in [1.29, 1.82) is 0 Å². The van der Waals surface area contributed by atoms with E-state index in [1.165, 1.54) is 32.2 Å². The second-order valence-corrected chi connectivity index (χ2v) is 4.74. The highest BCUT2D eigenvalue weighted by Gasteiger charge is 2.29. The highest BCUT2D eigenvalue weighted by molar-refractivity contribution is 4.85. The Morgan fingerprint density at radius 3 is 2.79 bits per heavy atom. The zero-order valence-corrected chi connectivity index (χ0v) is 9.11. The number of hydrogen-bond donors (Lipinski definition) is 1. The molecule has 1 aliphatic heterocycles. The minimum Gasteiger partial charge on any atom is -0.380 e. The van der Waals surface area contributed by atoms with Gasteiger partial charge in [-0.15, -0.1) is 0 Å². The molecule has 2 rings (SSSR count). The third kappa shape index (κ3) is 2.69. The summed E-state index contributed by atoms with van der Waals surface area (Å²) < 4.78 is 5.34. The van der Waals surface area contributed by atoms with Gasteiger partial charge in [-0.25, -0.2) is 0 Å². The molecule has 1 aliphatic carbocycles. The maximum absolute atomic E-state index is 6.07. The van der Waals surface area contributed by atoms with Crippen LogP contribution in [0, 0.1) is 5.92 Å². The average Bonchev–Trinajstić information content (AvgIpc) is 2.94. The average molecular weight is 198 g/mol. The number of nitrogens with two attached hydrogens (primary N) is 1. The second kappa shape index (κ2) is 4.60. The minimum atomic E-state index is 0.455. The molecule has 1 saturated carbocycles. The molecule has 3 nitrogen and oxygen atoms in total. The summed E-state index contributed by atoms with van der Waals surface area (Å²) in [4.78, 5) is 2.48. The van der Waals surface area contributed by atoms with Gasteiger partial charge in [-0.3, -0.25) is 0 Å². The minimum absolute atomic E-state index is 0.455. The Morgan fingerprint density at radius 2 is 2.21 bits per heavy atom. The van der Waals surface area contributed by atoms with Crippen molar-refractivity contribution in [2.45, 2.75) is 37.8 Å². The van der Waals surface area contributed by atoms with Crippen molar-refractivity contribution in [3.05, 3.63) is 0 Å². The maximum Gasteiger partial charge on any atom is 0.0710 e. The smallest absolute Gasteiger partial charge is 0.0710 e. The predicted octanol–water partition coefficient (Wildman–Crippen LogP) is 0.834. The van der Waals surface area contributed by atoms with Crippen molar-refractivity contribution in [3.8, 4) is 0 Å². The zero-order chi connectivity index (χ0) is 9.97. The highest BCUT2D eigenvalue weighted by atomic mass is 16.5. The number of rotatable bonds is 5. The molecule has 2 unspecified atom stereocenters. The summed E-state index contributed by atoms with van der Waals surface area (Å²) in [5.74, 6) is 0.843. The lowest BCUT2D eigenvalue weighted by Crippen LogP contribution is -2.31. The number of ether oxygens (including phenoxy) is 1. The van der Waals surface area contributed by atoms with E-state index in [0.29, 0.717) is 12.1 Å². The normalized spacial score (nSPS) is 30.9. The fourth-order valence-electron chi connectivity index (χ4n) is 2.28. The standard InChI is InChI=1S/C11H22N2O/c1-14-10-4-6-13(8-10)7-5-11(12)9-2-3-9/h9-11H,2-8,12H2,1H3. The van der Waals surface area contributed by atoms with Crippen molar-refractivity contribution in [2.75, 3.05) is 26.7 Å². The van der Waals surface area contributed by atoms with Crippen LogP contribution in [0.25, 0.3) is 0 Å². The van der Waals surface area contributed by atoms with Crippen molar-refractivity contribution < 1.29 is 4.74 Å². The van der Waals surface area contributed by atoms with E-state index in [4.69, 9.17) is 10.5 Å². The van der Waals surface area contributed by atoms with Gasteiger partial charge in [0.2, 0.25) is 0 Å². The van der Waals surface area contributed by atoms with E-state index >= 15 is 0 Å². The van der Waals surface area contributed by atoms with Crippen molar-refractivity contribution in [3.63, 3.8) is 0 Å². The lowest BCUT2D eigenvalue weighted by Gasteiger charge is -2.18. The Morgan fingerprint density at radius 1 is 1.43 bits per heavy atom. The Balaban J connectivity index is 1.61. The quantitative estimate of drug-likeness (QED) is 0.711. The Bertz CT molecular complexity index is 182. The van der Waals surface area contributed by atoms with Gasteiger partial charge in [0.05, 0.1) is 6.10 Å². The van der Waals surface area contributed by atoms with E-state index in [1.807, 2.05) is 7.11 Å². The first-order chi connectivity index (χ1) is 6.79. The van der Waals surface area contributed by atoms with E-state index in [2.05, 4.69) is 4.90 Å². The largest absolute Gasteiger partial charge is 0.380 e. The lowest BCUT2D eigenvalue weighted by molar-refractivity contribution is 0.107. The molecule has 1 saturated heterocycles. The van der Waals surface area contributed by atoms with Crippen LogP contribution in [0.2, 0.25) is 0 Å². The van der Waals surface area contributed by atoms with Crippen LogP contribution in [-0.2, 0) is 4.74 Å². The summed E-state index contributed by atoms with van der Waals surface area (Å²) in [5.41, 5.74) is 6.07. The summed E-state index contributed by atoms with van der Waals surface area (Å²) in [5, 5.41) is 0. The maximum atomic E-state index is 6.07. The van der Waals surface area contributed by atoms with Gasteiger partial charge in [-0.05, 0) is 38.1 Å². The van der Waals surface area contributed by atoms with E-state index in [0.717, 1.165) is 19.0 Å². The van der Waals surface area contributed by atoms with Gasteiger partial charge in [-0.2, -0.15) is 0 Å². The van der Waals surface area contributed by atoms with Crippen LogP contribution in [-0.4, -0.2) is 43.8 Å². The molecule has 0 radical (unpaired) electrons. The summed E-state index contributed by atoms with van der Waals surface area (Å²) in [7, 11) is 1.81. The van der Waals surface area contributed by atoms with E-state index in [9.17, 15) is 0 Å². The number of methoxy groups -OCH3 is 1. The second-order valence-electron chi connectivity index (χ2n) is 4.74. The Labute approximate surface area is 86.6 Å². The van der Waals surface area contributed by atoms with Crippen LogP contribution in [0.1, 0.15) is 25.7 Å².